The molecule has 1 atom stereocenters. The van der Waals surface area contributed by atoms with Gasteiger partial charge in [0.05, 0.1) is 0 Å². The van der Waals surface area contributed by atoms with E-state index in [1.807, 2.05) is 38.1 Å². The molecule has 116 valence electrons. The van der Waals surface area contributed by atoms with E-state index in [4.69, 9.17) is 5.11 Å². The summed E-state index contributed by atoms with van der Waals surface area (Å²) in [5.41, 5.74) is 2.25. The number of carbonyl (C=O) groups is 2. The van der Waals surface area contributed by atoms with Crippen LogP contribution in [0.4, 0.5) is 4.79 Å². The van der Waals surface area contributed by atoms with Crippen molar-refractivity contribution in [2.45, 2.75) is 39.7 Å². The molecule has 0 bridgehead atoms. The highest BCUT2D eigenvalue weighted by atomic mass is 16.4. The smallest absolute Gasteiger partial charge is 0.315 e. The first-order valence-electron chi connectivity index (χ1n) is 7.27. The van der Waals surface area contributed by atoms with Crippen molar-refractivity contribution in [3.05, 3.63) is 35.4 Å². The first-order chi connectivity index (χ1) is 9.99. The van der Waals surface area contributed by atoms with Crippen LogP contribution in [0.5, 0.6) is 0 Å². The summed E-state index contributed by atoms with van der Waals surface area (Å²) in [5.74, 6) is -0.483. The number of rotatable bonds is 8. The molecule has 1 aromatic carbocycles. The van der Waals surface area contributed by atoms with Gasteiger partial charge < -0.3 is 15.7 Å². The SMILES string of the molecule is Cc1ccccc1CNC(=O)NCCC(C)CCC(=O)O. The van der Waals surface area contributed by atoms with Gasteiger partial charge in [0.15, 0.2) is 0 Å². The van der Waals surface area contributed by atoms with E-state index in [0.717, 1.165) is 17.5 Å². The topological polar surface area (TPSA) is 78.4 Å². The fourth-order valence-corrected chi connectivity index (χ4v) is 1.99. The maximum Gasteiger partial charge on any atom is 0.315 e. The minimum Gasteiger partial charge on any atom is -0.481 e. The van der Waals surface area contributed by atoms with Gasteiger partial charge in [-0.3, -0.25) is 4.79 Å². The average Bonchev–Trinajstić information content (AvgIpc) is 2.44. The van der Waals surface area contributed by atoms with Crippen LogP contribution in [-0.4, -0.2) is 23.7 Å². The molecule has 0 aliphatic rings. The van der Waals surface area contributed by atoms with Crippen molar-refractivity contribution in [3.63, 3.8) is 0 Å². The summed E-state index contributed by atoms with van der Waals surface area (Å²) in [6.07, 6.45) is 1.60. The highest BCUT2D eigenvalue weighted by Crippen LogP contribution is 2.09. The molecule has 0 aromatic heterocycles. The summed E-state index contributed by atoms with van der Waals surface area (Å²) < 4.78 is 0. The Morgan fingerprint density at radius 1 is 1.19 bits per heavy atom. The Hall–Kier alpha value is -2.04. The number of carboxylic acid groups (broad SMARTS) is 1. The van der Waals surface area contributed by atoms with E-state index < -0.39 is 5.97 Å². The number of aryl methyl sites for hydroxylation is 1. The molecule has 3 N–H and O–H groups in total. The molecule has 0 saturated carbocycles. The van der Waals surface area contributed by atoms with Gasteiger partial charge in [-0.15, -0.1) is 0 Å². The number of benzene rings is 1. The van der Waals surface area contributed by atoms with E-state index in [1.54, 1.807) is 0 Å². The van der Waals surface area contributed by atoms with Crippen molar-refractivity contribution in [2.75, 3.05) is 6.54 Å². The quantitative estimate of drug-likeness (QED) is 0.689. The van der Waals surface area contributed by atoms with E-state index in [-0.39, 0.29) is 18.4 Å². The number of carboxylic acids is 1. The van der Waals surface area contributed by atoms with Crippen molar-refractivity contribution < 1.29 is 14.7 Å². The zero-order valence-corrected chi connectivity index (χ0v) is 12.7. The van der Waals surface area contributed by atoms with Crippen molar-refractivity contribution in [3.8, 4) is 0 Å². The number of hydrogen-bond acceptors (Lipinski definition) is 2. The Morgan fingerprint density at radius 3 is 2.57 bits per heavy atom. The molecule has 5 nitrogen and oxygen atoms in total. The Morgan fingerprint density at radius 2 is 1.90 bits per heavy atom. The molecule has 1 aromatic rings. The Bertz CT molecular complexity index is 474. The maximum atomic E-state index is 11.7. The van der Waals surface area contributed by atoms with Crippen LogP contribution in [0.3, 0.4) is 0 Å². The third-order valence-corrected chi connectivity index (χ3v) is 3.47. The molecule has 1 unspecified atom stereocenters. The zero-order chi connectivity index (χ0) is 15.7. The lowest BCUT2D eigenvalue weighted by Gasteiger charge is -2.12. The molecule has 0 aliphatic carbocycles. The molecule has 1 rings (SSSR count). The fraction of sp³-hybridized carbons (Fsp3) is 0.500. The first-order valence-corrected chi connectivity index (χ1v) is 7.27. The van der Waals surface area contributed by atoms with E-state index >= 15 is 0 Å². The minimum absolute atomic E-state index is 0.181. The van der Waals surface area contributed by atoms with Crippen LogP contribution in [0.1, 0.15) is 37.3 Å². The molecule has 21 heavy (non-hydrogen) atoms. The molecule has 0 spiro atoms. The van der Waals surface area contributed by atoms with Crippen LogP contribution < -0.4 is 10.6 Å². The van der Waals surface area contributed by atoms with Crippen LogP contribution >= 0.6 is 0 Å². The Kier molecular flexibility index (Phi) is 7.29. The molecule has 0 heterocycles. The Labute approximate surface area is 125 Å². The fourth-order valence-electron chi connectivity index (χ4n) is 1.99. The molecular weight excluding hydrogens is 268 g/mol. The van der Waals surface area contributed by atoms with Crippen molar-refractivity contribution in [2.24, 2.45) is 5.92 Å². The molecular formula is C16H24N2O3. The van der Waals surface area contributed by atoms with Gasteiger partial charge in [-0.1, -0.05) is 31.2 Å². The van der Waals surface area contributed by atoms with Crippen molar-refractivity contribution >= 4 is 12.0 Å². The summed E-state index contributed by atoms with van der Waals surface area (Å²) in [7, 11) is 0. The van der Waals surface area contributed by atoms with E-state index in [2.05, 4.69) is 10.6 Å². The lowest BCUT2D eigenvalue weighted by Crippen LogP contribution is -2.36. The van der Waals surface area contributed by atoms with Crippen molar-refractivity contribution in [1.29, 1.82) is 0 Å². The lowest BCUT2D eigenvalue weighted by atomic mass is 10.0. The Balaban J connectivity index is 2.17. The van der Waals surface area contributed by atoms with Gasteiger partial charge in [-0.25, -0.2) is 4.79 Å². The zero-order valence-electron chi connectivity index (χ0n) is 12.7. The molecule has 2 amide bonds. The normalized spacial score (nSPS) is 11.7. The second-order valence-corrected chi connectivity index (χ2v) is 5.36. The minimum atomic E-state index is -0.772. The number of nitrogens with one attached hydrogen (secondary N) is 2. The molecule has 0 saturated heterocycles. The van der Waals surface area contributed by atoms with Crippen molar-refractivity contribution in [1.82, 2.24) is 10.6 Å². The van der Waals surface area contributed by atoms with E-state index in [1.165, 1.54) is 0 Å². The predicted molar refractivity (Wildman–Crippen MR) is 82.1 cm³/mol. The molecule has 5 heteroatoms. The second-order valence-electron chi connectivity index (χ2n) is 5.36. The van der Waals surface area contributed by atoms with Gasteiger partial charge in [-0.2, -0.15) is 0 Å². The van der Waals surface area contributed by atoms with Gasteiger partial charge in [0.1, 0.15) is 0 Å². The summed E-state index contributed by atoms with van der Waals surface area (Å²) in [5, 5.41) is 14.2. The van der Waals surface area contributed by atoms with Gasteiger partial charge in [0.25, 0.3) is 0 Å². The average molecular weight is 292 g/mol. The third kappa shape index (κ3) is 7.34. The number of amides is 2. The largest absolute Gasteiger partial charge is 0.481 e. The molecule has 0 aliphatic heterocycles. The van der Waals surface area contributed by atoms with E-state index in [0.29, 0.717) is 19.5 Å². The molecule has 0 radical (unpaired) electrons. The third-order valence-electron chi connectivity index (χ3n) is 3.47. The highest BCUT2D eigenvalue weighted by Gasteiger charge is 2.07. The van der Waals surface area contributed by atoms with Gasteiger partial charge >= 0.3 is 12.0 Å². The highest BCUT2D eigenvalue weighted by molar-refractivity contribution is 5.73. The standard InChI is InChI=1S/C16H24N2O3/c1-12(7-8-15(19)20)9-10-17-16(21)18-11-14-6-4-3-5-13(14)2/h3-6,12H,7-11H2,1-2H3,(H,19,20)(H2,17,18,21). The number of hydrogen-bond donors (Lipinski definition) is 3. The number of urea groups is 1. The maximum absolute atomic E-state index is 11.7. The van der Waals surface area contributed by atoms with Gasteiger partial charge in [-0.05, 0) is 36.8 Å². The predicted octanol–water partition coefficient (Wildman–Crippen LogP) is 2.69. The number of carbonyl (C=O) groups excluding carboxylic acids is 1. The van der Waals surface area contributed by atoms with Crippen LogP contribution in [-0.2, 0) is 11.3 Å². The lowest BCUT2D eigenvalue weighted by molar-refractivity contribution is -0.137. The summed E-state index contributed by atoms with van der Waals surface area (Å²) in [4.78, 5) is 22.1. The van der Waals surface area contributed by atoms with Gasteiger partial charge in [0.2, 0.25) is 0 Å². The van der Waals surface area contributed by atoms with Crippen LogP contribution in [0.15, 0.2) is 24.3 Å². The summed E-state index contributed by atoms with van der Waals surface area (Å²) >= 11 is 0. The monoisotopic (exact) mass is 292 g/mol. The first kappa shape index (κ1) is 17.0. The second kappa shape index (κ2) is 9.00. The summed E-state index contributed by atoms with van der Waals surface area (Å²) in [6.45, 7) is 5.07. The molecule has 0 fully saturated rings. The summed E-state index contributed by atoms with van der Waals surface area (Å²) in [6, 6.07) is 7.73. The van der Waals surface area contributed by atoms with Crippen LogP contribution in [0.25, 0.3) is 0 Å². The van der Waals surface area contributed by atoms with Crippen LogP contribution in [0, 0.1) is 12.8 Å². The van der Waals surface area contributed by atoms with Crippen LogP contribution in [0.2, 0.25) is 0 Å². The van der Waals surface area contributed by atoms with E-state index in [9.17, 15) is 9.59 Å². The van der Waals surface area contributed by atoms with Gasteiger partial charge in [0, 0.05) is 19.5 Å². The number of aliphatic carboxylic acids is 1.